The number of nitriles is 1. The number of nitrogens with zero attached hydrogens (tertiary/aromatic N) is 2. The number of aliphatic carboxylic acids is 1. The standard InChI is InChI=1S/C13H14N2O3/c1-8-11(6-13(16)17)18-12-5-9(7-14)3-4-10(12)15(8)2/h3-5,8,11H,6H2,1-2H3,(H,16,17). The summed E-state index contributed by atoms with van der Waals surface area (Å²) in [5, 5.41) is 17.7. The second-order valence-corrected chi connectivity index (χ2v) is 4.40. The van der Waals surface area contributed by atoms with Crippen LogP contribution in [0.4, 0.5) is 5.69 Å². The van der Waals surface area contributed by atoms with Crippen molar-refractivity contribution < 1.29 is 14.6 Å². The largest absolute Gasteiger partial charge is 0.485 e. The van der Waals surface area contributed by atoms with Gasteiger partial charge in [-0.2, -0.15) is 5.26 Å². The third-order valence-electron chi connectivity index (χ3n) is 3.27. The van der Waals surface area contributed by atoms with Crippen LogP contribution in [0.15, 0.2) is 18.2 Å². The summed E-state index contributed by atoms with van der Waals surface area (Å²) < 4.78 is 5.69. The van der Waals surface area contributed by atoms with Gasteiger partial charge >= 0.3 is 5.97 Å². The molecule has 0 aliphatic carbocycles. The van der Waals surface area contributed by atoms with Crippen LogP contribution < -0.4 is 9.64 Å². The van der Waals surface area contributed by atoms with Crippen molar-refractivity contribution in [1.82, 2.24) is 0 Å². The van der Waals surface area contributed by atoms with Gasteiger partial charge in [-0.1, -0.05) is 0 Å². The van der Waals surface area contributed by atoms with Gasteiger partial charge in [0.2, 0.25) is 0 Å². The van der Waals surface area contributed by atoms with Crippen LogP contribution in [0.5, 0.6) is 5.75 Å². The fourth-order valence-electron chi connectivity index (χ4n) is 2.08. The van der Waals surface area contributed by atoms with Crippen molar-refractivity contribution in [2.45, 2.75) is 25.5 Å². The van der Waals surface area contributed by atoms with E-state index in [-0.39, 0.29) is 12.5 Å². The summed E-state index contributed by atoms with van der Waals surface area (Å²) in [5.41, 5.74) is 1.38. The molecule has 1 aromatic rings. The normalized spacial score (nSPS) is 21.7. The second kappa shape index (κ2) is 4.57. The fourth-order valence-corrected chi connectivity index (χ4v) is 2.08. The van der Waals surface area contributed by atoms with E-state index < -0.39 is 12.1 Å². The summed E-state index contributed by atoms with van der Waals surface area (Å²) in [6.45, 7) is 1.93. The molecule has 2 atom stereocenters. The maximum Gasteiger partial charge on any atom is 0.307 e. The molecule has 5 nitrogen and oxygen atoms in total. The van der Waals surface area contributed by atoms with Gasteiger partial charge in [0, 0.05) is 13.1 Å². The molecule has 5 heteroatoms. The molecule has 1 aromatic carbocycles. The number of carboxylic acids is 1. The molecule has 0 bridgehead atoms. The molecule has 18 heavy (non-hydrogen) atoms. The van der Waals surface area contributed by atoms with Crippen LogP contribution in [-0.2, 0) is 4.79 Å². The Morgan fingerprint density at radius 3 is 2.94 bits per heavy atom. The molecular formula is C13H14N2O3. The first-order valence-corrected chi connectivity index (χ1v) is 5.68. The van der Waals surface area contributed by atoms with Gasteiger partial charge < -0.3 is 14.7 Å². The van der Waals surface area contributed by atoms with Crippen molar-refractivity contribution in [3.63, 3.8) is 0 Å². The van der Waals surface area contributed by atoms with E-state index in [1.165, 1.54) is 0 Å². The van der Waals surface area contributed by atoms with E-state index >= 15 is 0 Å². The Kier molecular flexibility index (Phi) is 3.11. The van der Waals surface area contributed by atoms with E-state index in [1.807, 2.05) is 31.0 Å². The highest BCUT2D eigenvalue weighted by molar-refractivity contribution is 5.69. The smallest absolute Gasteiger partial charge is 0.307 e. The number of rotatable bonds is 2. The molecule has 0 fully saturated rings. The molecule has 0 radical (unpaired) electrons. The van der Waals surface area contributed by atoms with Crippen molar-refractivity contribution in [1.29, 1.82) is 5.26 Å². The monoisotopic (exact) mass is 246 g/mol. The van der Waals surface area contributed by atoms with Gasteiger partial charge in [0.05, 0.1) is 29.8 Å². The van der Waals surface area contributed by atoms with Gasteiger partial charge in [0.15, 0.2) is 0 Å². The predicted molar refractivity (Wildman–Crippen MR) is 65.7 cm³/mol. The number of anilines is 1. The quantitative estimate of drug-likeness (QED) is 0.858. The molecule has 1 aliphatic heterocycles. The number of likely N-dealkylation sites (N-methyl/N-ethyl adjacent to an activating group) is 1. The zero-order valence-electron chi connectivity index (χ0n) is 10.3. The zero-order chi connectivity index (χ0) is 13.3. The van der Waals surface area contributed by atoms with Crippen molar-refractivity contribution in [2.75, 3.05) is 11.9 Å². The van der Waals surface area contributed by atoms with E-state index in [1.54, 1.807) is 12.1 Å². The lowest BCUT2D eigenvalue weighted by Gasteiger charge is -2.39. The maximum absolute atomic E-state index is 10.8. The Morgan fingerprint density at radius 1 is 1.61 bits per heavy atom. The van der Waals surface area contributed by atoms with Crippen molar-refractivity contribution in [3.8, 4) is 11.8 Å². The molecule has 1 heterocycles. The lowest BCUT2D eigenvalue weighted by molar-refractivity contribution is -0.139. The molecule has 0 spiro atoms. The lowest BCUT2D eigenvalue weighted by Crippen LogP contribution is -2.46. The maximum atomic E-state index is 10.8. The van der Waals surface area contributed by atoms with Crippen LogP contribution >= 0.6 is 0 Å². The number of hydrogen-bond donors (Lipinski definition) is 1. The minimum absolute atomic E-state index is 0.0264. The topological polar surface area (TPSA) is 73.6 Å². The molecule has 2 rings (SSSR count). The van der Waals surface area contributed by atoms with Gasteiger partial charge in [-0.15, -0.1) is 0 Å². The van der Waals surface area contributed by atoms with Crippen LogP contribution in [0.2, 0.25) is 0 Å². The third kappa shape index (κ3) is 2.09. The Balaban J connectivity index is 2.35. The number of carboxylic acid groups (broad SMARTS) is 1. The highest BCUT2D eigenvalue weighted by Gasteiger charge is 2.32. The van der Waals surface area contributed by atoms with Gasteiger partial charge in [0.1, 0.15) is 11.9 Å². The van der Waals surface area contributed by atoms with Crippen LogP contribution in [0.1, 0.15) is 18.9 Å². The lowest BCUT2D eigenvalue weighted by atomic mass is 10.0. The van der Waals surface area contributed by atoms with E-state index in [2.05, 4.69) is 0 Å². The first-order valence-electron chi connectivity index (χ1n) is 5.68. The Morgan fingerprint density at radius 2 is 2.33 bits per heavy atom. The Bertz CT molecular complexity index is 521. The second-order valence-electron chi connectivity index (χ2n) is 4.40. The summed E-state index contributed by atoms with van der Waals surface area (Å²) >= 11 is 0. The number of fused-ring (bicyclic) bond motifs is 1. The van der Waals surface area contributed by atoms with Crippen LogP contribution in [0, 0.1) is 11.3 Å². The molecule has 1 aliphatic rings. The van der Waals surface area contributed by atoms with Gasteiger partial charge in [0.25, 0.3) is 0 Å². The summed E-state index contributed by atoms with van der Waals surface area (Å²) in [6, 6.07) is 7.21. The zero-order valence-corrected chi connectivity index (χ0v) is 10.3. The molecule has 2 unspecified atom stereocenters. The SMILES string of the molecule is CC1C(CC(=O)O)Oc2cc(C#N)ccc2N1C. The van der Waals surface area contributed by atoms with Crippen LogP contribution in [0.25, 0.3) is 0 Å². The molecule has 0 saturated carbocycles. The highest BCUT2D eigenvalue weighted by atomic mass is 16.5. The van der Waals surface area contributed by atoms with E-state index in [4.69, 9.17) is 15.1 Å². The molecule has 0 aromatic heterocycles. The Hall–Kier alpha value is -2.22. The highest BCUT2D eigenvalue weighted by Crippen LogP contribution is 2.36. The first-order chi connectivity index (χ1) is 8.52. The average Bonchev–Trinajstić information content (AvgIpc) is 2.34. The van der Waals surface area contributed by atoms with Gasteiger partial charge in [-0.05, 0) is 19.1 Å². The predicted octanol–water partition coefficient (Wildman–Crippen LogP) is 1.62. The van der Waals surface area contributed by atoms with Crippen molar-refractivity contribution in [3.05, 3.63) is 23.8 Å². The average molecular weight is 246 g/mol. The number of hydrogen-bond acceptors (Lipinski definition) is 4. The van der Waals surface area contributed by atoms with E-state index in [0.29, 0.717) is 11.3 Å². The molecule has 1 N–H and O–H groups in total. The number of benzene rings is 1. The van der Waals surface area contributed by atoms with Crippen molar-refractivity contribution >= 4 is 11.7 Å². The van der Waals surface area contributed by atoms with Crippen molar-refractivity contribution in [2.24, 2.45) is 0 Å². The molecule has 0 amide bonds. The first kappa shape index (κ1) is 12.2. The third-order valence-corrected chi connectivity index (χ3v) is 3.27. The molecule has 94 valence electrons. The van der Waals surface area contributed by atoms with E-state index in [9.17, 15) is 4.79 Å². The van der Waals surface area contributed by atoms with Gasteiger partial charge in [-0.3, -0.25) is 4.79 Å². The summed E-state index contributed by atoms with van der Waals surface area (Å²) in [7, 11) is 1.90. The van der Waals surface area contributed by atoms with E-state index in [0.717, 1.165) is 5.69 Å². The minimum Gasteiger partial charge on any atom is -0.485 e. The van der Waals surface area contributed by atoms with Crippen LogP contribution in [0.3, 0.4) is 0 Å². The number of ether oxygens (including phenoxy) is 1. The molecular weight excluding hydrogens is 232 g/mol. The van der Waals surface area contributed by atoms with Crippen LogP contribution in [-0.4, -0.2) is 30.3 Å². The molecule has 0 saturated heterocycles. The number of carbonyl (C=O) groups is 1. The summed E-state index contributed by atoms with van der Waals surface area (Å²) in [5.74, 6) is -0.318. The fraction of sp³-hybridized carbons (Fsp3) is 0.385. The summed E-state index contributed by atoms with van der Waals surface area (Å²) in [6.07, 6.45) is -0.462. The minimum atomic E-state index is -0.889. The summed E-state index contributed by atoms with van der Waals surface area (Å²) in [4.78, 5) is 12.8. The Labute approximate surface area is 105 Å². The van der Waals surface area contributed by atoms with Gasteiger partial charge in [-0.25, -0.2) is 0 Å².